The van der Waals surface area contributed by atoms with Crippen LogP contribution in [0.25, 0.3) is 11.0 Å². The van der Waals surface area contributed by atoms with Crippen molar-refractivity contribution >= 4 is 16.9 Å². The van der Waals surface area contributed by atoms with Crippen LogP contribution >= 0.6 is 0 Å². The fourth-order valence-electron chi connectivity index (χ4n) is 3.02. The van der Waals surface area contributed by atoms with Gasteiger partial charge in [-0.2, -0.15) is 0 Å². The second-order valence-corrected chi connectivity index (χ2v) is 5.68. The van der Waals surface area contributed by atoms with Gasteiger partial charge >= 0.3 is 0 Å². The molecule has 2 unspecified atom stereocenters. The molecule has 1 amide bonds. The van der Waals surface area contributed by atoms with Crippen LogP contribution in [-0.4, -0.2) is 39.4 Å². The van der Waals surface area contributed by atoms with Crippen LogP contribution in [0.5, 0.6) is 0 Å². The minimum Gasteiger partial charge on any atom is -0.334 e. The lowest BCUT2D eigenvalue weighted by Crippen LogP contribution is -2.51. The number of likely N-dealkylation sites (tertiary alicyclic amines) is 1. The van der Waals surface area contributed by atoms with Crippen molar-refractivity contribution in [3.63, 3.8) is 0 Å². The minimum atomic E-state index is -0.00509. The first-order valence-corrected chi connectivity index (χ1v) is 7.44. The van der Waals surface area contributed by atoms with E-state index in [2.05, 4.69) is 9.97 Å². The van der Waals surface area contributed by atoms with Gasteiger partial charge in [-0.05, 0) is 44.4 Å². The van der Waals surface area contributed by atoms with E-state index in [0.29, 0.717) is 5.56 Å². The Kier molecular flexibility index (Phi) is 3.84. The number of nitrogens with zero attached hydrogens (tertiary/aromatic N) is 3. The predicted octanol–water partition coefficient (Wildman–Crippen LogP) is 1.97. The normalized spacial score (nSPS) is 20.5. The number of benzene rings is 1. The van der Waals surface area contributed by atoms with Crippen molar-refractivity contribution in [2.45, 2.75) is 38.3 Å². The number of amides is 1. The molecule has 1 aliphatic rings. The zero-order chi connectivity index (χ0) is 14.8. The molecule has 0 spiro atoms. The number of hydrogen-bond donors (Lipinski definition) is 1. The zero-order valence-electron chi connectivity index (χ0n) is 12.2. The first kappa shape index (κ1) is 13.9. The molecule has 1 aromatic heterocycles. The van der Waals surface area contributed by atoms with Crippen LogP contribution in [0.1, 0.15) is 36.5 Å². The molecule has 2 atom stereocenters. The highest BCUT2D eigenvalue weighted by Gasteiger charge is 2.29. The topological polar surface area (TPSA) is 72.1 Å². The number of aromatic nitrogens is 2. The van der Waals surface area contributed by atoms with Gasteiger partial charge in [0, 0.05) is 36.6 Å². The first-order valence-electron chi connectivity index (χ1n) is 7.44. The third-order valence-electron chi connectivity index (χ3n) is 4.13. The van der Waals surface area contributed by atoms with Crippen molar-refractivity contribution < 1.29 is 4.79 Å². The van der Waals surface area contributed by atoms with E-state index in [0.717, 1.165) is 36.8 Å². The zero-order valence-corrected chi connectivity index (χ0v) is 12.2. The van der Waals surface area contributed by atoms with Crippen LogP contribution in [-0.2, 0) is 0 Å². The Hall–Kier alpha value is -2.01. The summed E-state index contributed by atoms with van der Waals surface area (Å²) >= 11 is 0. The number of carbonyl (C=O) groups excluding carboxylic acids is 1. The van der Waals surface area contributed by atoms with E-state index in [4.69, 9.17) is 5.73 Å². The summed E-state index contributed by atoms with van der Waals surface area (Å²) in [6.07, 6.45) is 6.46. The van der Waals surface area contributed by atoms with E-state index in [1.54, 1.807) is 12.4 Å². The SMILES string of the molecule is CC(N)C1CCCCN1C(=O)c1ccc2nccnc2c1. The number of fused-ring (bicyclic) bond motifs is 1. The van der Waals surface area contributed by atoms with Gasteiger partial charge in [-0.25, -0.2) is 0 Å². The highest BCUT2D eigenvalue weighted by Crippen LogP contribution is 2.22. The van der Waals surface area contributed by atoms with E-state index in [1.807, 2.05) is 30.0 Å². The van der Waals surface area contributed by atoms with Gasteiger partial charge in [0.15, 0.2) is 0 Å². The summed E-state index contributed by atoms with van der Waals surface area (Å²) < 4.78 is 0. The van der Waals surface area contributed by atoms with Crippen molar-refractivity contribution in [3.05, 3.63) is 36.2 Å². The molecule has 1 aliphatic heterocycles. The van der Waals surface area contributed by atoms with Crippen LogP contribution in [0.4, 0.5) is 0 Å². The Morgan fingerprint density at radius 3 is 2.81 bits per heavy atom. The third kappa shape index (κ3) is 2.74. The molecule has 0 aliphatic carbocycles. The Morgan fingerprint density at radius 2 is 2.05 bits per heavy atom. The highest BCUT2D eigenvalue weighted by atomic mass is 16.2. The van der Waals surface area contributed by atoms with Gasteiger partial charge in [-0.3, -0.25) is 14.8 Å². The van der Waals surface area contributed by atoms with Gasteiger partial charge in [0.25, 0.3) is 5.91 Å². The summed E-state index contributed by atoms with van der Waals surface area (Å²) in [4.78, 5) is 23.2. The molecule has 5 heteroatoms. The molecule has 2 aromatic rings. The Balaban J connectivity index is 1.91. The number of piperidine rings is 1. The predicted molar refractivity (Wildman–Crippen MR) is 81.9 cm³/mol. The van der Waals surface area contributed by atoms with Crippen LogP contribution in [0.2, 0.25) is 0 Å². The smallest absolute Gasteiger partial charge is 0.254 e. The molecule has 110 valence electrons. The van der Waals surface area contributed by atoms with Gasteiger partial charge in [0.1, 0.15) is 0 Å². The molecular formula is C16H20N4O. The van der Waals surface area contributed by atoms with E-state index < -0.39 is 0 Å². The fraction of sp³-hybridized carbons (Fsp3) is 0.438. The summed E-state index contributed by atoms with van der Waals surface area (Å²) in [7, 11) is 0. The van der Waals surface area contributed by atoms with Crippen molar-refractivity contribution in [3.8, 4) is 0 Å². The van der Waals surface area contributed by atoms with E-state index in [1.165, 1.54) is 0 Å². The monoisotopic (exact) mass is 284 g/mol. The lowest BCUT2D eigenvalue weighted by atomic mass is 9.96. The maximum atomic E-state index is 12.8. The van der Waals surface area contributed by atoms with Gasteiger partial charge in [-0.15, -0.1) is 0 Å². The van der Waals surface area contributed by atoms with Crippen LogP contribution in [0.3, 0.4) is 0 Å². The Labute approximate surface area is 124 Å². The van der Waals surface area contributed by atoms with E-state index in [9.17, 15) is 4.79 Å². The van der Waals surface area contributed by atoms with Crippen molar-refractivity contribution in [1.82, 2.24) is 14.9 Å². The average Bonchev–Trinajstić information content (AvgIpc) is 2.53. The fourth-order valence-corrected chi connectivity index (χ4v) is 3.02. The third-order valence-corrected chi connectivity index (χ3v) is 4.13. The van der Waals surface area contributed by atoms with E-state index >= 15 is 0 Å². The van der Waals surface area contributed by atoms with Gasteiger partial charge in [-0.1, -0.05) is 0 Å². The number of nitrogens with two attached hydrogens (primary N) is 1. The molecule has 5 nitrogen and oxygen atoms in total. The molecular weight excluding hydrogens is 264 g/mol. The minimum absolute atomic E-state index is 0.00509. The van der Waals surface area contributed by atoms with Crippen molar-refractivity contribution in [1.29, 1.82) is 0 Å². The Bertz CT molecular complexity index is 656. The number of rotatable bonds is 2. The molecule has 1 fully saturated rings. The summed E-state index contributed by atoms with van der Waals surface area (Å²) in [6, 6.07) is 5.61. The molecule has 21 heavy (non-hydrogen) atoms. The van der Waals surface area contributed by atoms with Gasteiger partial charge in [0.05, 0.1) is 11.0 Å². The summed E-state index contributed by atoms with van der Waals surface area (Å²) in [6.45, 7) is 2.76. The van der Waals surface area contributed by atoms with Gasteiger partial charge in [0.2, 0.25) is 0 Å². The highest BCUT2D eigenvalue weighted by molar-refractivity contribution is 5.97. The molecule has 2 N–H and O–H groups in total. The molecule has 0 saturated carbocycles. The maximum Gasteiger partial charge on any atom is 0.254 e. The average molecular weight is 284 g/mol. The largest absolute Gasteiger partial charge is 0.334 e. The second kappa shape index (κ2) is 5.77. The molecule has 1 saturated heterocycles. The van der Waals surface area contributed by atoms with Crippen LogP contribution in [0, 0.1) is 0 Å². The number of hydrogen-bond acceptors (Lipinski definition) is 4. The summed E-state index contributed by atoms with van der Waals surface area (Å²) in [5, 5.41) is 0. The lowest BCUT2D eigenvalue weighted by Gasteiger charge is -2.38. The Morgan fingerprint density at radius 1 is 1.29 bits per heavy atom. The molecule has 2 heterocycles. The second-order valence-electron chi connectivity index (χ2n) is 5.68. The van der Waals surface area contributed by atoms with Crippen LogP contribution < -0.4 is 5.73 Å². The number of carbonyl (C=O) groups is 1. The van der Waals surface area contributed by atoms with Crippen LogP contribution in [0.15, 0.2) is 30.6 Å². The molecule has 3 rings (SSSR count). The molecule has 1 aromatic carbocycles. The summed E-state index contributed by atoms with van der Waals surface area (Å²) in [5.74, 6) is 0.0459. The van der Waals surface area contributed by atoms with Crippen molar-refractivity contribution in [2.24, 2.45) is 5.73 Å². The maximum absolute atomic E-state index is 12.8. The quantitative estimate of drug-likeness (QED) is 0.915. The van der Waals surface area contributed by atoms with Crippen molar-refractivity contribution in [2.75, 3.05) is 6.54 Å². The van der Waals surface area contributed by atoms with E-state index in [-0.39, 0.29) is 18.0 Å². The lowest BCUT2D eigenvalue weighted by molar-refractivity contribution is 0.0584. The molecule has 0 bridgehead atoms. The summed E-state index contributed by atoms with van der Waals surface area (Å²) in [5.41, 5.74) is 8.26. The first-order chi connectivity index (χ1) is 10.2. The molecule has 0 radical (unpaired) electrons. The van der Waals surface area contributed by atoms with Gasteiger partial charge < -0.3 is 10.6 Å². The standard InChI is InChI=1S/C16H20N4O/c1-11(17)15-4-2-3-9-20(15)16(21)12-5-6-13-14(10-12)19-8-7-18-13/h5-8,10-11,15H,2-4,9,17H2,1H3.